The number of fused-ring (bicyclic) bond motifs is 1. The summed E-state index contributed by atoms with van der Waals surface area (Å²) in [7, 11) is 3.03. The van der Waals surface area contributed by atoms with Crippen LogP contribution in [-0.4, -0.2) is 24.3 Å². The van der Waals surface area contributed by atoms with E-state index < -0.39 is 11.2 Å². The van der Waals surface area contributed by atoms with E-state index in [9.17, 15) is 9.59 Å². The maximum atomic E-state index is 12.4. The van der Waals surface area contributed by atoms with Crippen molar-refractivity contribution in [1.82, 2.24) is 24.3 Å². The van der Waals surface area contributed by atoms with Crippen molar-refractivity contribution in [3.8, 4) is 22.9 Å². The van der Waals surface area contributed by atoms with Crippen LogP contribution in [0.1, 0.15) is 11.1 Å². The molecule has 0 spiro atoms. The van der Waals surface area contributed by atoms with Gasteiger partial charge in [0.25, 0.3) is 5.56 Å². The average molecular weight is 359 g/mol. The van der Waals surface area contributed by atoms with Gasteiger partial charge in [-0.25, -0.2) is 14.5 Å². The van der Waals surface area contributed by atoms with Crippen LogP contribution in [-0.2, 0) is 20.5 Å². The van der Waals surface area contributed by atoms with Crippen LogP contribution < -0.4 is 11.2 Å². The van der Waals surface area contributed by atoms with E-state index in [1.807, 2.05) is 42.5 Å². The Morgan fingerprint density at radius 1 is 0.889 bits per heavy atom. The van der Waals surface area contributed by atoms with Gasteiger partial charge in [0.2, 0.25) is 0 Å². The lowest BCUT2D eigenvalue weighted by molar-refractivity contribution is 0.678. The summed E-state index contributed by atoms with van der Waals surface area (Å²) >= 11 is 0. The molecule has 0 saturated carbocycles. The van der Waals surface area contributed by atoms with Gasteiger partial charge in [-0.1, -0.05) is 48.5 Å². The van der Waals surface area contributed by atoms with Gasteiger partial charge in [0.15, 0.2) is 17.3 Å². The molecule has 2 heterocycles. The summed E-state index contributed by atoms with van der Waals surface area (Å²) in [6.07, 6.45) is 0.789. The number of aryl methyl sites for hydroxylation is 1. The fraction of sp³-hybridized carbons (Fsp3) is 0.150. The van der Waals surface area contributed by atoms with E-state index in [2.05, 4.69) is 27.2 Å². The minimum Gasteiger partial charge on any atom is -0.267 e. The molecule has 2 aliphatic heterocycles. The molecule has 0 atom stereocenters. The summed E-state index contributed by atoms with van der Waals surface area (Å²) in [4.78, 5) is 32.5. The van der Waals surface area contributed by atoms with Gasteiger partial charge in [-0.3, -0.25) is 9.36 Å². The Balaban J connectivity index is 1.81. The summed E-state index contributed by atoms with van der Waals surface area (Å²) < 4.78 is 2.37. The maximum absolute atomic E-state index is 12.4. The molecule has 0 unspecified atom stereocenters. The lowest BCUT2D eigenvalue weighted by Gasteiger charge is -2.12. The van der Waals surface area contributed by atoms with Gasteiger partial charge in [-0.15, -0.1) is 0 Å². The summed E-state index contributed by atoms with van der Waals surface area (Å²) in [6, 6.07) is 18.1. The first-order valence-electron chi connectivity index (χ1n) is 8.48. The quantitative estimate of drug-likeness (QED) is 0.555. The first kappa shape index (κ1) is 16.8. The molecule has 0 radical (unpaired) electrons. The van der Waals surface area contributed by atoms with Gasteiger partial charge in [0, 0.05) is 19.7 Å². The first-order valence-corrected chi connectivity index (χ1v) is 8.48. The van der Waals surface area contributed by atoms with Gasteiger partial charge >= 0.3 is 5.69 Å². The Hall–Kier alpha value is -3.61. The van der Waals surface area contributed by atoms with Gasteiger partial charge < -0.3 is 0 Å². The Labute approximate surface area is 154 Å². The van der Waals surface area contributed by atoms with Crippen LogP contribution in [0.25, 0.3) is 22.9 Å². The summed E-state index contributed by atoms with van der Waals surface area (Å²) in [5.74, 6) is 0.588. The third kappa shape index (κ3) is 3.15. The minimum absolute atomic E-state index is 0.123. The Bertz CT molecular complexity index is 1210. The van der Waals surface area contributed by atoms with Crippen molar-refractivity contribution in [3.05, 3.63) is 86.6 Å². The molecular formula is C20H17N5O2. The standard InChI is InChI=1S/C20H17N5O2/c1-24-19(26)16-18(22-20(24)27)25(2)23-17(21-16)15-10-6-9-14(12-15)11-13-7-4-3-5-8-13/h3-10,12H,11H2,1-2H3. The van der Waals surface area contributed by atoms with Gasteiger partial charge in [0.1, 0.15) is 0 Å². The number of hydrogen-bond acceptors (Lipinski definition) is 5. The molecule has 0 saturated heterocycles. The topological polar surface area (TPSA) is 82.7 Å². The first-order chi connectivity index (χ1) is 13.0. The van der Waals surface area contributed by atoms with E-state index in [0.29, 0.717) is 5.82 Å². The van der Waals surface area contributed by atoms with Crippen molar-refractivity contribution in [2.24, 2.45) is 14.1 Å². The van der Waals surface area contributed by atoms with Crippen molar-refractivity contribution in [2.45, 2.75) is 6.42 Å². The zero-order valence-corrected chi connectivity index (χ0v) is 15.0. The molecule has 7 nitrogen and oxygen atoms in total. The normalized spacial score (nSPS) is 11.0. The van der Waals surface area contributed by atoms with E-state index in [0.717, 1.165) is 22.1 Å². The van der Waals surface area contributed by atoms with Gasteiger partial charge in [0.05, 0.1) is 0 Å². The van der Waals surface area contributed by atoms with E-state index in [-0.39, 0.29) is 11.5 Å². The fourth-order valence-corrected chi connectivity index (χ4v) is 2.98. The molecule has 0 amide bonds. The van der Waals surface area contributed by atoms with Gasteiger partial charge in [-0.2, -0.15) is 10.1 Å². The van der Waals surface area contributed by atoms with Crippen LogP contribution in [0.15, 0.2) is 64.2 Å². The fourth-order valence-electron chi connectivity index (χ4n) is 2.98. The largest absolute Gasteiger partial charge is 0.352 e. The molecule has 2 aliphatic rings. The number of rotatable bonds is 3. The molecule has 134 valence electrons. The highest BCUT2D eigenvalue weighted by Gasteiger charge is 2.19. The van der Waals surface area contributed by atoms with Crippen LogP contribution in [0.5, 0.6) is 0 Å². The highest BCUT2D eigenvalue weighted by Crippen LogP contribution is 2.20. The lowest BCUT2D eigenvalue weighted by atomic mass is 10.0. The molecule has 0 aliphatic carbocycles. The molecule has 0 fully saturated rings. The molecular weight excluding hydrogens is 342 g/mol. The number of aromatic nitrogens is 5. The predicted octanol–water partition coefficient (Wildman–Crippen LogP) is 1.63. The highest BCUT2D eigenvalue weighted by atomic mass is 16.2. The smallest absolute Gasteiger partial charge is 0.267 e. The lowest BCUT2D eigenvalue weighted by Crippen LogP contribution is -2.36. The summed E-state index contributed by atoms with van der Waals surface area (Å²) in [5, 5.41) is 4.39. The van der Waals surface area contributed by atoms with E-state index >= 15 is 0 Å². The zero-order valence-electron chi connectivity index (χ0n) is 15.0. The van der Waals surface area contributed by atoms with E-state index in [4.69, 9.17) is 0 Å². The van der Waals surface area contributed by atoms with Crippen molar-refractivity contribution >= 4 is 0 Å². The SMILES string of the molecule is Cn1nc(-c2cccc(Cc3ccccc3)c2)nc2c(=O)n(C)c(=O)nc1-2. The molecule has 27 heavy (non-hydrogen) atoms. The molecule has 4 rings (SSSR count). The monoisotopic (exact) mass is 359 g/mol. The third-order valence-corrected chi connectivity index (χ3v) is 4.41. The number of nitrogens with zero attached hydrogens (tertiary/aromatic N) is 5. The maximum Gasteiger partial charge on any atom is 0.352 e. The Kier molecular flexibility index (Phi) is 4.12. The van der Waals surface area contributed by atoms with Crippen molar-refractivity contribution < 1.29 is 0 Å². The second-order valence-electron chi connectivity index (χ2n) is 6.35. The zero-order chi connectivity index (χ0) is 19.0. The molecule has 2 aromatic carbocycles. The highest BCUT2D eigenvalue weighted by molar-refractivity contribution is 5.60. The second kappa shape index (κ2) is 6.60. The van der Waals surface area contributed by atoms with Crippen molar-refractivity contribution in [2.75, 3.05) is 0 Å². The molecule has 0 N–H and O–H groups in total. The predicted molar refractivity (Wildman–Crippen MR) is 102 cm³/mol. The Morgan fingerprint density at radius 3 is 2.41 bits per heavy atom. The molecule has 0 aromatic heterocycles. The van der Waals surface area contributed by atoms with Crippen LogP contribution in [0.4, 0.5) is 0 Å². The summed E-state index contributed by atoms with van der Waals surface area (Å²) in [5.41, 5.74) is 2.15. The summed E-state index contributed by atoms with van der Waals surface area (Å²) in [6.45, 7) is 0. The van der Waals surface area contributed by atoms with Crippen LogP contribution in [0, 0.1) is 0 Å². The molecule has 7 heteroatoms. The van der Waals surface area contributed by atoms with Crippen LogP contribution >= 0.6 is 0 Å². The van der Waals surface area contributed by atoms with Crippen LogP contribution in [0.2, 0.25) is 0 Å². The van der Waals surface area contributed by atoms with Crippen LogP contribution in [0.3, 0.4) is 0 Å². The number of hydrogen-bond donors (Lipinski definition) is 0. The molecule has 2 aromatic rings. The van der Waals surface area contributed by atoms with E-state index in [1.54, 1.807) is 7.05 Å². The Morgan fingerprint density at radius 2 is 1.63 bits per heavy atom. The van der Waals surface area contributed by atoms with E-state index in [1.165, 1.54) is 17.3 Å². The molecule has 0 bridgehead atoms. The van der Waals surface area contributed by atoms with Crippen molar-refractivity contribution in [1.29, 1.82) is 0 Å². The van der Waals surface area contributed by atoms with Crippen molar-refractivity contribution in [3.63, 3.8) is 0 Å². The second-order valence-corrected chi connectivity index (χ2v) is 6.35. The third-order valence-electron chi connectivity index (χ3n) is 4.41. The number of benzene rings is 2. The average Bonchev–Trinajstić information content (AvgIpc) is 2.68. The van der Waals surface area contributed by atoms with Gasteiger partial charge in [-0.05, 0) is 23.6 Å². The minimum atomic E-state index is -0.621.